The second-order valence-corrected chi connectivity index (χ2v) is 8.59. The van der Waals surface area contributed by atoms with Gasteiger partial charge < -0.3 is 25.0 Å². The van der Waals surface area contributed by atoms with E-state index in [1.54, 1.807) is 31.1 Å². The van der Waals surface area contributed by atoms with Gasteiger partial charge in [-0.3, -0.25) is 9.80 Å². The zero-order chi connectivity index (χ0) is 25.5. The van der Waals surface area contributed by atoms with Gasteiger partial charge in [-0.25, -0.2) is 14.4 Å². The quantitative estimate of drug-likeness (QED) is 0.546. The van der Waals surface area contributed by atoms with Crippen LogP contribution in [0.5, 0.6) is 5.75 Å². The number of urea groups is 2. The van der Waals surface area contributed by atoms with E-state index >= 15 is 0 Å². The van der Waals surface area contributed by atoms with Gasteiger partial charge in [0, 0.05) is 51.0 Å². The largest absolute Gasteiger partial charge is 0.497 e. The summed E-state index contributed by atoms with van der Waals surface area (Å²) >= 11 is 0. The number of benzene rings is 1. The van der Waals surface area contributed by atoms with Crippen LogP contribution in [0.25, 0.3) is 0 Å². The summed E-state index contributed by atoms with van der Waals surface area (Å²) in [6.45, 7) is 11.0. The molecule has 0 radical (unpaired) electrons. The van der Waals surface area contributed by atoms with Gasteiger partial charge in [0.25, 0.3) is 0 Å². The third-order valence-electron chi connectivity index (χ3n) is 6.37. The Bertz CT molecular complexity index is 948. The molecule has 0 bridgehead atoms. The minimum atomic E-state index is -0.640. The van der Waals surface area contributed by atoms with Crippen molar-refractivity contribution in [2.75, 3.05) is 53.0 Å². The number of piperazine rings is 1. The average molecular weight is 488 g/mol. The number of amides is 4. The standard InChI is InChI=1S/C25H37N5O5/c1-6-26-24(32)30-14-13-28(15-17(30)4)16-20-21(23(31)35-8-3)22(27-25(33)29(20)7-2)18-9-11-19(34-5)12-10-18/h9-12,17,22H,6-8,13-16H2,1-5H3,(H,26,32)(H,27,33)/t17-,22+/m0/s1. The van der Waals surface area contributed by atoms with Crippen LogP contribution >= 0.6 is 0 Å². The van der Waals surface area contributed by atoms with E-state index in [1.165, 1.54) is 0 Å². The number of esters is 1. The minimum absolute atomic E-state index is 0.00757. The molecule has 4 amide bonds. The molecule has 0 spiro atoms. The molecular weight excluding hydrogens is 450 g/mol. The van der Waals surface area contributed by atoms with Gasteiger partial charge in [0.05, 0.1) is 25.3 Å². The molecule has 2 aliphatic heterocycles. The normalized spacial score (nSPS) is 21.0. The summed E-state index contributed by atoms with van der Waals surface area (Å²) < 4.78 is 10.7. The van der Waals surface area contributed by atoms with Crippen molar-refractivity contribution < 1.29 is 23.9 Å². The molecule has 1 aromatic rings. The number of carbonyl (C=O) groups excluding carboxylic acids is 3. The van der Waals surface area contributed by atoms with E-state index < -0.39 is 12.0 Å². The molecule has 10 nitrogen and oxygen atoms in total. The number of hydrogen-bond acceptors (Lipinski definition) is 6. The topological polar surface area (TPSA) is 103 Å². The summed E-state index contributed by atoms with van der Waals surface area (Å²) in [5, 5.41) is 5.84. The van der Waals surface area contributed by atoms with E-state index in [0.29, 0.717) is 56.3 Å². The lowest BCUT2D eigenvalue weighted by Gasteiger charge is -2.42. The predicted octanol–water partition coefficient (Wildman–Crippen LogP) is 2.33. The van der Waals surface area contributed by atoms with Gasteiger partial charge in [0.15, 0.2) is 0 Å². The second kappa shape index (κ2) is 11.9. The number of methoxy groups -OCH3 is 1. The smallest absolute Gasteiger partial charge is 0.338 e. The molecule has 2 atom stereocenters. The molecule has 2 N–H and O–H groups in total. The summed E-state index contributed by atoms with van der Waals surface area (Å²) in [5.41, 5.74) is 1.83. The highest BCUT2D eigenvalue weighted by Crippen LogP contribution is 2.33. The first-order valence-electron chi connectivity index (χ1n) is 12.2. The van der Waals surface area contributed by atoms with Crippen molar-refractivity contribution in [1.29, 1.82) is 0 Å². The first-order valence-corrected chi connectivity index (χ1v) is 12.2. The van der Waals surface area contributed by atoms with E-state index in [1.807, 2.05) is 37.8 Å². The number of nitrogens with zero attached hydrogens (tertiary/aromatic N) is 3. The number of rotatable bonds is 8. The summed E-state index contributed by atoms with van der Waals surface area (Å²) in [6.07, 6.45) is 0. The third kappa shape index (κ3) is 5.87. The fourth-order valence-corrected chi connectivity index (χ4v) is 4.65. The molecule has 0 unspecified atom stereocenters. The number of carbonyl (C=O) groups is 3. The van der Waals surface area contributed by atoms with E-state index in [2.05, 4.69) is 15.5 Å². The fraction of sp³-hybridized carbons (Fsp3) is 0.560. The second-order valence-electron chi connectivity index (χ2n) is 8.59. The van der Waals surface area contributed by atoms with Crippen molar-refractivity contribution in [1.82, 2.24) is 25.3 Å². The van der Waals surface area contributed by atoms with Crippen LogP contribution in [0.15, 0.2) is 35.5 Å². The van der Waals surface area contributed by atoms with Crippen molar-refractivity contribution in [3.63, 3.8) is 0 Å². The van der Waals surface area contributed by atoms with Crippen LogP contribution in [0.3, 0.4) is 0 Å². The van der Waals surface area contributed by atoms with E-state index in [-0.39, 0.29) is 24.7 Å². The van der Waals surface area contributed by atoms with Gasteiger partial charge in [-0.15, -0.1) is 0 Å². The Balaban J connectivity index is 1.96. The van der Waals surface area contributed by atoms with Crippen molar-refractivity contribution in [2.24, 2.45) is 0 Å². The Labute approximate surface area is 207 Å². The number of ether oxygens (including phenoxy) is 2. The van der Waals surface area contributed by atoms with Crippen LogP contribution < -0.4 is 15.4 Å². The van der Waals surface area contributed by atoms with Crippen molar-refractivity contribution in [3.8, 4) is 5.75 Å². The van der Waals surface area contributed by atoms with Crippen molar-refractivity contribution >= 4 is 18.0 Å². The molecule has 1 saturated heterocycles. The lowest BCUT2D eigenvalue weighted by molar-refractivity contribution is -0.139. The summed E-state index contributed by atoms with van der Waals surface area (Å²) in [7, 11) is 1.59. The lowest BCUT2D eigenvalue weighted by atomic mass is 9.94. The van der Waals surface area contributed by atoms with Crippen molar-refractivity contribution in [2.45, 2.75) is 39.8 Å². The van der Waals surface area contributed by atoms with Crippen LogP contribution in [0.4, 0.5) is 9.59 Å². The number of nitrogens with one attached hydrogen (secondary N) is 2. The fourth-order valence-electron chi connectivity index (χ4n) is 4.65. The van der Waals surface area contributed by atoms with E-state index in [4.69, 9.17) is 9.47 Å². The Morgan fingerprint density at radius 2 is 1.86 bits per heavy atom. The predicted molar refractivity (Wildman–Crippen MR) is 132 cm³/mol. The minimum Gasteiger partial charge on any atom is -0.497 e. The monoisotopic (exact) mass is 487 g/mol. The Hall–Kier alpha value is -3.27. The number of likely N-dealkylation sites (N-methyl/N-ethyl adjacent to an activating group) is 1. The maximum atomic E-state index is 13.2. The highest BCUT2D eigenvalue weighted by Gasteiger charge is 2.39. The maximum absolute atomic E-state index is 13.2. The first-order chi connectivity index (χ1) is 16.8. The van der Waals surface area contributed by atoms with Gasteiger partial charge in [0.2, 0.25) is 0 Å². The van der Waals surface area contributed by atoms with Gasteiger partial charge >= 0.3 is 18.0 Å². The van der Waals surface area contributed by atoms with Gasteiger partial charge in [-0.05, 0) is 45.4 Å². The van der Waals surface area contributed by atoms with Crippen LogP contribution in [0, 0.1) is 0 Å². The third-order valence-corrected chi connectivity index (χ3v) is 6.37. The molecule has 0 aliphatic carbocycles. The maximum Gasteiger partial charge on any atom is 0.338 e. The Kier molecular flexibility index (Phi) is 8.97. The SMILES string of the molecule is CCNC(=O)N1CCN(CC2=C(C(=O)OCC)[C@@H](c3ccc(OC)cc3)NC(=O)N2CC)C[C@@H]1C. The molecule has 0 saturated carbocycles. The average Bonchev–Trinajstić information content (AvgIpc) is 2.84. The molecule has 192 valence electrons. The zero-order valence-electron chi connectivity index (χ0n) is 21.3. The molecule has 35 heavy (non-hydrogen) atoms. The molecule has 2 heterocycles. The zero-order valence-corrected chi connectivity index (χ0v) is 21.3. The Morgan fingerprint density at radius 3 is 2.43 bits per heavy atom. The molecule has 1 fully saturated rings. The molecule has 2 aliphatic rings. The van der Waals surface area contributed by atoms with Crippen LogP contribution in [0.2, 0.25) is 0 Å². The molecule has 0 aromatic heterocycles. The molecule has 3 rings (SSSR count). The molecular formula is C25H37N5O5. The molecule has 10 heteroatoms. The van der Waals surface area contributed by atoms with Crippen molar-refractivity contribution in [3.05, 3.63) is 41.1 Å². The van der Waals surface area contributed by atoms with E-state index in [9.17, 15) is 14.4 Å². The van der Waals surface area contributed by atoms with Crippen LogP contribution in [-0.2, 0) is 9.53 Å². The highest BCUT2D eigenvalue weighted by molar-refractivity contribution is 5.95. The van der Waals surface area contributed by atoms with Crippen LogP contribution in [-0.4, -0.2) is 91.8 Å². The summed E-state index contributed by atoms with van der Waals surface area (Å²) in [4.78, 5) is 44.3. The first kappa shape index (κ1) is 26.3. The highest BCUT2D eigenvalue weighted by atomic mass is 16.5. The van der Waals surface area contributed by atoms with Gasteiger partial charge in [-0.2, -0.15) is 0 Å². The van der Waals surface area contributed by atoms with Gasteiger partial charge in [0.1, 0.15) is 5.75 Å². The molecule has 1 aromatic carbocycles. The number of hydrogen-bond donors (Lipinski definition) is 2. The summed E-state index contributed by atoms with van der Waals surface area (Å²) in [5.74, 6) is 0.239. The van der Waals surface area contributed by atoms with Gasteiger partial charge in [-0.1, -0.05) is 12.1 Å². The van der Waals surface area contributed by atoms with Crippen LogP contribution in [0.1, 0.15) is 39.3 Å². The Morgan fingerprint density at radius 1 is 1.14 bits per heavy atom. The summed E-state index contributed by atoms with van der Waals surface area (Å²) in [6, 6.07) is 6.32. The van der Waals surface area contributed by atoms with E-state index in [0.717, 1.165) is 5.56 Å². The lowest BCUT2D eigenvalue weighted by Crippen LogP contribution is -2.58.